The molecule has 1 aliphatic carbocycles. The molecule has 2 aromatic carbocycles. The lowest BCUT2D eigenvalue weighted by Gasteiger charge is -2.45. The number of ether oxygens (including phenoxy) is 5. The highest BCUT2D eigenvalue weighted by Gasteiger charge is 2.46. The second-order valence-electron chi connectivity index (χ2n) is 30.2. The molecule has 17 nitrogen and oxygen atoms in total. The van der Waals surface area contributed by atoms with E-state index in [0.29, 0.717) is 29.0 Å². The van der Waals surface area contributed by atoms with Gasteiger partial charge in [0.25, 0.3) is 0 Å². The molecule has 5 aliphatic heterocycles. The van der Waals surface area contributed by atoms with E-state index in [2.05, 4.69) is 159 Å². The lowest BCUT2D eigenvalue weighted by molar-refractivity contribution is -0.278. The summed E-state index contributed by atoms with van der Waals surface area (Å²) in [5, 5.41) is 59.3. The fraction of sp³-hybridized carbons (Fsp3) is 0.693. The molecular weight excluding hydrogens is 1160 g/mol. The van der Waals surface area contributed by atoms with E-state index in [1.165, 1.54) is 132 Å². The fourth-order valence-electron chi connectivity index (χ4n) is 15.2. The second-order valence-corrected chi connectivity index (χ2v) is 30.2. The Bertz CT molecular complexity index is 3030. The number of rotatable bonds is 21. The molecule has 2 spiro atoms. The molecule has 1 saturated carbocycles. The van der Waals surface area contributed by atoms with E-state index in [4.69, 9.17) is 23.7 Å². The standard InChI is InChI=1S/C41H64N4O4.C34H51N3O6/c1-27(2)36-34(37(44-43-36)49-38-31(6)29(4)30(5)35(48-38)25-47-39(46)40(7,8)9)24-33-15-14-32(23-28(33)3)13-10-11-21-45-22-12-16-41(26-45)17-19-42-20-18-41;1-22(2)28-26(32(36-35-28)43-33-31(41)30(40)29(39)27(20-38)42-33)19-25-12-11-24(18-23(25)3)10-5-8-16-37-17-9-15-34(21-37)13-6-4-7-14-34/h10,13-15,23,27,29-31,35,38,42H,11-12,16-22,24-26H2,1-9H3,(H,43,44);5,10-12,18,22,27,29-31,33,38-41H,4,6-9,13-17,19-21H2,1-3H3,(H,35,36)/b13-10+;10-5+/t29-,30-,31+,35+,38-;27-,29-,30+,31-,33+/m01/s1. The molecule has 7 N–H and O–H groups in total. The first-order valence-electron chi connectivity index (χ1n) is 35.2. The van der Waals surface area contributed by atoms with E-state index < -0.39 is 49.0 Å². The average Bonchev–Trinajstić information content (AvgIpc) is 1.55. The van der Waals surface area contributed by atoms with Crippen molar-refractivity contribution in [3.05, 3.63) is 104 Å². The van der Waals surface area contributed by atoms with Crippen molar-refractivity contribution in [2.45, 2.75) is 234 Å². The van der Waals surface area contributed by atoms with Crippen molar-refractivity contribution >= 4 is 18.1 Å². The van der Waals surface area contributed by atoms with Crippen LogP contribution in [0, 0.1) is 47.8 Å². The van der Waals surface area contributed by atoms with Gasteiger partial charge in [0.15, 0.2) is 0 Å². The van der Waals surface area contributed by atoms with Gasteiger partial charge in [-0.15, -0.1) is 10.2 Å². The van der Waals surface area contributed by atoms with Gasteiger partial charge in [0.1, 0.15) is 31.0 Å². The van der Waals surface area contributed by atoms with Gasteiger partial charge in [0.2, 0.25) is 24.3 Å². The number of aromatic nitrogens is 4. The number of H-pyrrole nitrogens is 2. The van der Waals surface area contributed by atoms with Crippen LogP contribution in [0.25, 0.3) is 12.2 Å². The maximum Gasteiger partial charge on any atom is 0.311 e. The van der Waals surface area contributed by atoms with Crippen LogP contribution in [0.1, 0.15) is 220 Å². The van der Waals surface area contributed by atoms with Crippen LogP contribution in [0.15, 0.2) is 48.6 Å². The van der Waals surface area contributed by atoms with Gasteiger partial charge in [-0.05, 0) is 193 Å². The Hall–Kier alpha value is -4.95. The van der Waals surface area contributed by atoms with Gasteiger partial charge in [-0.2, -0.15) is 0 Å². The van der Waals surface area contributed by atoms with Crippen molar-refractivity contribution in [3.8, 4) is 11.8 Å². The molecule has 10 atom stereocenters. The number of hydrogen-bond acceptors (Lipinski definition) is 15. The SMILES string of the molecule is Cc1cc(/C=C/CCN2CCCC3(CCCCC3)C2)ccc1Cc1c(O[C@@H]2O[C@H](CO)[C@@H](O)[C@H](O)[C@H]2O)n[nH]c1C(C)C.Cc1cc(/C=C/CCN2CCCC3(CCNCC3)C2)ccc1Cc1c(O[C@@H]2O[C@H](COC(=O)C(C)(C)C)[C@@H](C)[C@H](C)[C@H]2C)n[nH]c1C(C)C. The molecule has 2 aromatic heterocycles. The number of nitrogens with one attached hydrogen (secondary N) is 3. The zero-order valence-corrected chi connectivity index (χ0v) is 57.9. The average molecular weight is 1270 g/mol. The molecule has 7 heterocycles. The minimum absolute atomic E-state index is 0.144. The van der Waals surface area contributed by atoms with Crippen LogP contribution in [0.2, 0.25) is 0 Å². The molecule has 510 valence electrons. The Morgan fingerprint density at radius 2 is 1.14 bits per heavy atom. The van der Waals surface area contributed by atoms with Crippen molar-refractivity contribution in [2.75, 3.05) is 65.6 Å². The zero-order chi connectivity index (χ0) is 65.9. The monoisotopic (exact) mass is 1270 g/mol. The van der Waals surface area contributed by atoms with Crippen molar-refractivity contribution in [1.82, 2.24) is 35.5 Å². The highest BCUT2D eigenvalue weighted by atomic mass is 16.7. The second kappa shape index (κ2) is 32.2. The fourth-order valence-corrected chi connectivity index (χ4v) is 15.2. The van der Waals surface area contributed by atoms with Gasteiger partial charge in [0.05, 0.1) is 18.1 Å². The number of aryl methyl sites for hydroxylation is 2. The van der Waals surface area contributed by atoms with Gasteiger partial charge in [0, 0.05) is 67.5 Å². The number of carbonyl (C=O) groups is 1. The zero-order valence-electron chi connectivity index (χ0n) is 57.9. The Balaban J connectivity index is 0.000000219. The summed E-state index contributed by atoms with van der Waals surface area (Å²) in [6.07, 6.45) is 20.3. The van der Waals surface area contributed by atoms with Crippen LogP contribution in [-0.4, -0.2) is 165 Å². The number of likely N-dealkylation sites (tertiary alicyclic amines) is 2. The summed E-state index contributed by atoms with van der Waals surface area (Å²) in [5.41, 5.74) is 11.7. The molecule has 6 fully saturated rings. The summed E-state index contributed by atoms with van der Waals surface area (Å²) in [6.45, 7) is 34.4. The topological polar surface area (TPSA) is 220 Å². The van der Waals surface area contributed by atoms with Crippen LogP contribution in [0.5, 0.6) is 11.8 Å². The lowest BCUT2D eigenvalue weighted by atomic mass is 9.69. The molecule has 0 amide bonds. The Labute approximate surface area is 550 Å². The Morgan fingerprint density at radius 3 is 1.63 bits per heavy atom. The van der Waals surface area contributed by atoms with Crippen molar-refractivity contribution < 1.29 is 48.9 Å². The minimum Gasteiger partial charge on any atom is -0.463 e. The maximum atomic E-state index is 12.5. The van der Waals surface area contributed by atoms with Gasteiger partial charge < -0.3 is 59.2 Å². The number of aliphatic hydroxyl groups is 4. The third kappa shape index (κ3) is 18.1. The van der Waals surface area contributed by atoms with Gasteiger partial charge >= 0.3 is 5.97 Å². The number of carbonyl (C=O) groups excluding carboxylic acids is 1. The minimum atomic E-state index is -1.51. The maximum absolute atomic E-state index is 12.5. The molecule has 10 rings (SSSR count). The summed E-state index contributed by atoms with van der Waals surface area (Å²) in [7, 11) is 0. The highest BCUT2D eigenvalue weighted by molar-refractivity contribution is 5.75. The van der Waals surface area contributed by atoms with E-state index in [9.17, 15) is 25.2 Å². The van der Waals surface area contributed by atoms with Crippen molar-refractivity contribution in [1.29, 1.82) is 0 Å². The Morgan fingerprint density at radius 1 is 0.652 bits per heavy atom. The van der Waals surface area contributed by atoms with Crippen molar-refractivity contribution in [2.24, 2.45) is 34.0 Å². The molecule has 92 heavy (non-hydrogen) atoms. The first-order valence-corrected chi connectivity index (χ1v) is 35.2. The summed E-state index contributed by atoms with van der Waals surface area (Å²) >= 11 is 0. The first kappa shape index (κ1) is 71.3. The third-order valence-electron chi connectivity index (χ3n) is 21.5. The number of esters is 1. The van der Waals surface area contributed by atoms with Crippen LogP contribution in [-0.2, 0) is 31.8 Å². The van der Waals surface area contributed by atoms with E-state index in [0.717, 1.165) is 66.0 Å². The van der Waals surface area contributed by atoms with Crippen LogP contribution < -0.4 is 14.8 Å². The first-order chi connectivity index (χ1) is 44.0. The van der Waals surface area contributed by atoms with Crippen LogP contribution >= 0.6 is 0 Å². The number of hydrogen-bond donors (Lipinski definition) is 7. The summed E-state index contributed by atoms with van der Waals surface area (Å²) < 4.78 is 30.3. The van der Waals surface area contributed by atoms with Crippen LogP contribution in [0.4, 0.5) is 0 Å². The quantitative estimate of drug-likeness (QED) is 0.0386. The number of nitrogens with zero attached hydrogens (tertiary/aromatic N) is 4. The molecule has 0 unspecified atom stereocenters. The van der Waals surface area contributed by atoms with E-state index in [1.54, 1.807) is 0 Å². The predicted molar refractivity (Wildman–Crippen MR) is 364 cm³/mol. The predicted octanol–water partition coefficient (Wildman–Crippen LogP) is 12.0. The van der Waals surface area contributed by atoms with Crippen LogP contribution in [0.3, 0.4) is 0 Å². The number of benzene rings is 2. The van der Waals surface area contributed by atoms with Gasteiger partial charge in [-0.3, -0.25) is 15.0 Å². The van der Waals surface area contributed by atoms with E-state index in [1.807, 2.05) is 20.8 Å². The van der Waals surface area contributed by atoms with Gasteiger partial charge in [-0.25, -0.2) is 0 Å². The molecule has 0 radical (unpaired) electrons. The molecule has 4 aromatic rings. The van der Waals surface area contributed by atoms with Gasteiger partial charge in [-0.1, -0.05) is 128 Å². The molecule has 5 saturated heterocycles. The molecule has 0 bridgehead atoms. The summed E-state index contributed by atoms with van der Waals surface area (Å²) in [5.74, 6) is 1.74. The van der Waals surface area contributed by atoms with E-state index >= 15 is 0 Å². The molecule has 17 heteroatoms. The number of aliphatic hydroxyl groups excluding tert-OH is 4. The third-order valence-corrected chi connectivity index (χ3v) is 21.5. The smallest absolute Gasteiger partial charge is 0.311 e. The number of aromatic amines is 2. The normalized spacial score (nSPS) is 27.3. The molecular formula is C75H115N7O10. The summed E-state index contributed by atoms with van der Waals surface area (Å²) in [4.78, 5) is 17.9. The highest BCUT2D eigenvalue weighted by Crippen LogP contribution is 2.44. The van der Waals surface area contributed by atoms with Crippen molar-refractivity contribution in [3.63, 3.8) is 0 Å². The largest absolute Gasteiger partial charge is 0.463 e. The lowest BCUT2D eigenvalue weighted by Crippen LogP contribution is -2.60. The summed E-state index contributed by atoms with van der Waals surface area (Å²) in [6, 6.07) is 13.3. The Kier molecular flexibility index (Phi) is 25.0. The van der Waals surface area contributed by atoms with E-state index in [-0.39, 0.29) is 48.2 Å². The molecule has 6 aliphatic rings. The number of piperidine rings is 3.